The summed E-state index contributed by atoms with van der Waals surface area (Å²) in [6, 6.07) is 28.0. The van der Waals surface area contributed by atoms with Crippen LogP contribution in [0.3, 0.4) is 0 Å². The third-order valence-corrected chi connectivity index (χ3v) is 10.5. The van der Waals surface area contributed by atoms with E-state index in [-0.39, 0.29) is 58.7 Å². The number of alkyl carbamates (subject to hydrolysis) is 1. The van der Waals surface area contributed by atoms with Gasteiger partial charge in [0.1, 0.15) is 31.4 Å². The number of hydrogen-bond donors (Lipinski definition) is 1. The molecule has 6 rings (SSSR count). The van der Waals surface area contributed by atoms with Crippen LogP contribution in [0.2, 0.25) is 0 Å². The van der Waals surface area contributed by atoms with Crippen molar-refractivity contribution in [3.05, 3.63) is 140 Å². The number of hydrogen-bond acceptors (Lipinski definition) is 9. The van der Waals surface area contributed by atoms with E-state index >= 15 is 0 Å². The highest BCUT2D eigenvalue weighted by molar-refractivity contribution is 5.70. The van der Waals surface area contributed by atoms with Crippen LogP contribution in [0.1, 0.15) is 68.6 Å². The Balaban J connectivity index is 1.42. The fraction of sp³-hybridized carbons (Fsp3) is 0.465. The molecule has 1 N–H and O–H groups in total. The summed E-state index contributed by atoms with van der Waals surface area (Å²) in [6.45, 7) is 9.59. The van der Waals surface area contributed by atoms with Gasteiger partial charge in [0.05, 0.1) is 31.6 Å². The highest BCUT2D eigenvalue weighted by atomic mass is 16.6. The number of carbonyl (C=O) groups is 2. The minimum absolute atomic E-state index is 0.000145. The lowest BCUT2D eigenvalue weighted by Gasteiger charge is -2.44. The van der Waals surface area contributed by atoms with E-state index in [0.717, 1.165) is 16.7 Å². The lowest BCUT2D eigenvalue weighted by Crippen LogP contribution is -2.54. The molecule has 0 bridgehead atoms. The molecule has 4 atom stereocenters. The van der Waals surface area contributed by atoms with Crippen LogP contribution in [0, 0.1) is 11.8 Å². The largest absolute Gasteiger partial charge is 0.445 e. The first-order chi connectivity index (χ1) is 27.9. The molecule has 4 aromatic rings. The molecule has 1 aliphatic carbocycles. The number of fused-ring (bicyclic) bond motifs is 1. The third kappa shape index (κ3) is 10.3. The predicted octanol–water partition coefficient (Wildman–Crippen LogP) is 7.48. The number of ether oxygens (including phenoxy) is 5. The van der Waals surface area contributed by atoms with Crippen LogP contribution in [0.15, 0.2) is 101 Å². The lowest BCUT2D eigenvalue weighted by atomic mass is 9.69. The number of aromatic nitrogens is 2. The van der Waals surface area contributed by atoms with E-state index in [2.05, 4.69) is 15.3 Å². The van der Waals surface area contributed by atoms with Crippen LogP contribution in [-0.4, -0.2) is 63.3 Å². The topological polar surface area (TPSA) is 171 Å². The number of carbonyl (C=O) groups excluding carboxylic acids is 2. The molecule has 0 spiro atoms. The predicted molar refractivity (Wildman–Crippen MR) is 215 cm³/mol. The van der Waals surface area contributed by atoms with E-state index in [0.29, 0.717) is 17.8 Å². The van der Waals surface area contributed by atoms with Crippen molar-refractivity contribution >= 4 is 12.2 Å². The molecule has 2 amide bonds. The van der Waals surface area contributed by atoms with Crippen molar-refractivity contribution in [2.75, 3.05) is 19.7 Å². The molecule has 58 heavy (non-hydrogen) atoms. The molecule has 1 aliphatic heterocycles. The normalized spacial score (nSPS) is 19.8. The number of nitrogens with one attached hydrogen (secondary N) is 1. The third-order valence-electron chi connectivity index (χ3n) is 10.5. The highest BCUT2D eigenvalue weighted by Gasteiger charge is 2.54. The molecule has 308 valence electrons. The number of rotatable bonds is 15. The summed E-state index contributed by atoms with van der Waals surface area (Å²) in [5.41, 5.74) is 11.4. The van der Waals surface area contributed by atoms with Crippen LogP contribution < -0.4 is 11.0 Å². The standard InChI is InChI=1S/C43H53N7O8/c1-42(2,3)58-41(53)50-36(27-57-43(50,4)5)37-34(23-46-47-44)33(22-45-39(51)56-26-32-19-13-8-14-20-32)21-35-38(37)49(29-55-25-31-17-11-7-12-18-31)40(52)48(35)28-54-24-30-15-9-6-10-16-30/h6-20,33-34,36-37H,21-29H2,1-5H3,(H,45,51)/t33-,34-,36+,37-/m1/s1. The Morgan fingerprint density at radius 1 is 0.879 bits per heavy atom. The molecule has 2 heterocycles. The zero-order chi connectivity index (χ0) is 41.3. The molecule has 3 aromatic carbocycles. The highest BCUT2D eigenvalue weighted by Crippen LogP contribution is 2.47. The van der Waals surface area contributed by atoms with Gasteiger partial charge in [-0.3, -0.25) is 14.0 Å². The summed E-state index contributed by atoms with van der Waals surface area (Å²) >= 11 is 0. The summed E-state index contributed by atoms with van der Waals surface area (Å²) in [4.78, 5) is 46.7. The molecular formula is C43H53N7O8. The summed E-state index contributed by atoms with van der Waals surface area (Å²) in [6.07, 6.45) is -0.909. The van der Waals surface area contributed by atoms with Crippen molar-refractivity contribution in [2.24, 2.45) is 17.0 Å². The second-order valence-electron chi connectivity index (χ2n) is 16.1. The van der Waals surface area contributed by atoms with Crippen molar-refractivity contribution in [2.45, 2.75) is 97.6 Å². The van der Waals surface area contributed by atoms with E-state index in [1.54, 1.807) is 48.7 Å². The molecule has 15 heteroatoms. The number of azide groups is 1. The Morgan fingerprint density at radius 3 is 1.98 bits per heavy atom. The quantitative estimate of drug-likeness (QED) is 0.0733. The number of imidazole rings is 1. The van der Waals surface area contributed by atoms with Gasteiger partial charge in [-0.05, 0) is 75.1 Å². The van der Waals surface area contributed by atoms with Gasteiger partial charge in [0.15, 0.2) is 0 Å². The van der Waals surface area contributed by atoms with E-state index in [4.69, 9.17) is 23.7 Å². The van der Waals surface area contributed by atoms with Gasteiger partial charge < -0.3 is 29.0 Å². The first-order valence-corrected chi connectivity index (χ1v) is 19.5. The van der Waals surface area contributed by atoms with E-state index in [1.807, 2.05) is 91.0 Å². The Kier molecular flexibility index (Phi) is 13.6. The first kappa shape index (κ1) is 42.0. The average molecular weight is 796 g/mol. The van der Waals surface area contributed by atoms with Crippen LogP contribution in [0.25, 0.3) is 10.4 Å². The van der Waals surface area contributed by atoms with Crippen molar-refractivity contribution in [1.29, 1.82) is 0 Å². The van der Waals surface area contributed by atoms with Gasteiger partial charge in [-0.1, -0.05) is 96.1 Å². The summed E-state index contributed by atoms with van der Waals surface area (Å²) in [7, 11) is 0. The van der Waals surface area contributed by atoms with Gasteiger partial charge in [-0.2, -0.15) is 0 Å². The summed E-state index contributed by atoms with van der Waals surface area (Å²) in [5.74, 6) is -1.54. The average Bonchev–Trinajstić information content (AvgIpc) is 3.66. The molecular weight excluding hydrogens is 743 g/mol. The number of nitrogens with zero attached hydrogens (tertiary/aromatic N) is 6. The summed E-state index contributed by atoms with van der Waals surface area (Å²) in [5, 5.41) is 6.99. The molecule has 0 unspecified atom stereocenters. The molecule has 2 aliphatic rings. The minimum Gasteiger partial charge on any atom is -0.445 e. The van der Waals surface area contributed by atoms with Crippen molar-refractivity contribution in [1.82, 2.24) is 19.4 Å². The molecule has 1 saturated heterocycles. The fourth-order valence-electron chi connectivity index (χ4n) is 7.89. The van der Waals surface area contributed by atoms with Crippen molar-refractivity contribution in [3.8, 4) is 0 Å². The van der Waals surface area contributed by atoms with Crippen LogP contribution in [-0.2, 0) is 63.4 Å². The van der Waals surface area contributed by atoms with Crippen LogP contribution >= 0.6 is 0 Å². The van der Waals surface area contributed by atoms with Gasteiger partial charge in [-0.25, -0.2) is 14.4 Å². The maximum absolute atomic E-state index is 14.7. The lowest BCUT2D eigenvalue weighted by molar-refractivity contribution is -0.0646. The van der Waals surface area contributed by atoms with Gasteiger partial charge in [0, 0.05) is 29.6 Å². The zero-order valence-electron chi connectivity index (χ0n) is 33.8. The molecule has 0 radical (unpaired) electrons. The smallest absolute Gasteiger partial charge is 0.412 e. The van der Waals surface area contributed by atoms with E-state index in [1.165, 1.54) is 0 Å². The van der Waals surface area contributed by atoms with Crippen LogP contribution in [0.4, 0.5) is 9.59 Å². The van der Waals surface area contributed by atoms with E-state index in [9.17, 15) is 19.9 Å². The molecule has 0 saturated carbocycles. The Bertz CT molecular complexity index is 2090. The monoisotopic (exact) mass is 795 g/mol. The first-order valence-electron chi connectivity index (χ1n) is 19.5. The molecule has 15 nitrogen and oxygen atoms in total. The Morgan fingerprint density at radius 2 is 1.43 bits per heavy atom. The van der Waals surface area contributed by atoms with Gasteiger partial charge >= 0.3 is 17.9 Å². The molecule has 1 aromatic heterocycles. The number of benzene rings is 3. The fourth-order valence-corrected chi connectivity index (χ4v) is 7.89. The van der Waals surface area contributed by atoms with Crippen LogP contribution in [0.5, 0.6) is 0 Å². The molecule has 1 fully saturated rings. The zero-order valence-corrected chi connectivity index (χ0v) is 33.8. The maximum atomic E-state index is 14.7. The second-order valence-corrected chi connectivity index (χ2v) is 16.1. The maximum Gasteiger partial charge on any atom is 0.412 e. The van der Waals surface area contributed by atoms with Crippen molar-refractivity contribution in [3.63, 3.8) is 0 Å². The second kappa shape index (κ2) is 18.8. The van der Waals surface area contributed by atoms with Gasteiger partial charge in [0.2, 0.25) is 0 Å². The number of amides is 2. The SMILES string of the molecule is CC(C)(C)OC(=O)N1[C@H]([C@@H]2c3c(n(COCc4ccccc4)c(=O)n3COCc3ccccc3)C[C@H](CNC(=O)OCc3ccccc3)[C@H]2CN=[N+]=[N-])COC1(C)C. The summed E-state index contributed by atoms with van der Waals surface area (Å²) < 4.78 is 33.5. The van der Waals surface area contributed by atoms with Gasteiger partial charge in [-0.15, -0.1) is 0 Å². The van der Waals surface area contributed by atoms with E-state index < -0.39 is 47.3 Å². The van der Waals surface area contributed by atoms with Crippen molar-refractivity contribution < 1.29 is 33.3 Å². The Labute approximate surface area is 338 Å². The van der Waals surface area contributed by atoms with Gasteiger partial charge in [0.25, 0.3) is 0 Å². The Hall–Kier alpha value is -5.60. The minimum atomic E-state index is -1.10.